The van der Waals surface area contributed by atoms with Crippen molar-refractivity contribution in [1.29, 1.82) is 0 Å². The fourth-order valence-corrected chi connectivity index (χ4v) is 3.70. The number of aromatic nitrogens is 1. The third kappa shape index (κ3) is 5.45. The Bertz CT molecular complexity index is 1260. The molecule has 0 aliphatic carbocycles. The minimum Gasteiger partial charge on any atom is -0.478 e. The molecule has 0 atom stereocenters. The number of amides is 1. The monoisotopic (exact) mass is 506 g/mol. The van der Waals surface area contributed by atoms with Gasteiger partial charge >= 0.3 is 0 Å². The minimum absolute atomic E-state index is 0.186. The maximum atomic E-state index is 12.7. The van der Waals surface area contributed by atoms with Gasteiger partial charge in [0.1, 0.15) is 11.3 Å². The molecule has 1 N–H and O–H groups in total. The van der Waals surface area contributed by atoms with E-state index in [9.17, 15) is 4.79 Å². The SMILES string of the molecule is CC(C)c1ccc2oc(-c3ccc(CNC(=O)C(C)(C)Oc4ccc(Br)cc4)cc3)nc2c1. The summed E-state index contributed by atoms with van der Waals surface area (Å²) in [5, 5.41) is 2.96. The van der Waals surface area contributed by atoms with Crippen molar-refractivity contribution in [2.24, 2.45) is 0 Å². The Morgan fingerprint density at radius 1 is 1.06 bits per heavy atom. The molecule has 1 heterocycles. The van der Waals surface area contributed by atoms with Gasteiger partial charge in [-0.15, -0.1) is 0 Å². The van der Waals surface area contributed by atoms with Crippen LogP contribution in [0.3, 0.4) is 0 Å². The van der Waals surface area contributed by atoms with E-state index < -0.39 is 5.60 Å². The highest BCUT2D eigenvalue weighted by atomic mass is 79.9. The van der Waals surface area contributed by atoms with Crippen LogP contribution in [0.1, 0.15) is 44.7 Å². The molecular weight excluding hydrogens is 480 g/mol. The number of nitrogens with one attached hydrogen (secondary N) is 1. The summed E-state index contributed by atoms with van der Waals surface area (Å²) in [5.41, 5.74) is 3.75. The highest BCUT2D eigenvalue weighted by molar-refractivity contribution is 9.10. The summed E-state index contributed by atoms with van der Waals surface area (Å²) in [6.45, 7) is 8.23. The molecule has 33 heavy (non-hydrogen) atoms. The number of hydrogen-bond donors (Lipinski definition) is 1. The second-order valence-corrected chi connectivity index (χ2v) is 9.76. The van der Waals surface area contributed by atoms with E-state index in [-0.39, 0.29) is 5.91 Å². The summed E-state index contributed by atoms with van der Waals surface area (Å²) in [6, 6.07) is 21.4. The lowest BCUT2D eigenvalue weighted by molar-refractivity contribution is -0.134. The number of hydrogen-bond acceptors (Lipinski definition) is 4. The van der Waals surface area contributed by atoms with Crippen molar-refractivity contribution in [2.45, 2.75) is 45.8 Å². The van der Waals surface area contributed by atoms with Gasteiger partial charge in [0.2, 0.25) is 5.89 Å². The van der Waals surface area contributed by atoms with Crippen molar-refractivity contribution in [3.63, 3.8) is 0 Å². The Kier molecular flexibility index (Phi) is 6.56. The van der Waals surface area contributed by atoms with Crippen LogP contribution >= 0.6 is 15.9 Å². The number of benzene rings is 3. The van der Waals surface area contributed by atoms with Gasteiger partial charge in [-0.2, -0.15) is 0 Å². The van der Waals surface area contributed by atoms with Crippen LogP contribution in [0.25, 0.3) is 22.6 Å². The van der Waals surface area contributed by atoms with E-state index in [1.54, 1.807) is 13.8 Å². The quantitative estimate of drug-likeness (QED) is 0.297. The number of carbonyl (C=O) groups excluding carboxylic acids is 1. The van der Waals surface area contributed by atoms with E-state index >= 15 is 0 Å². The molecular formula is C27H27BrN2O3. The molecule has 0 aliphatic heterocycles. The van der Waals surface area contributed by atoms with Gasteiger partial charge in [0.25, 0.3) is 5.91 Å². The summed E-state index contributed by atoms with van der Waals surface area (Å²) < 4.78 is 12.8. The zero-order valence-corrected chi connectivity index (χ0v) is 20.8. The van der Waals surface area contributed by atoms with E-state index in [0.29, 0.717) is 24.1 Å². The molecule has 0 saturated heterocycles. The maximum Gasteiger partial charge on any atom is 0.263 e. The van der Waals surface area contributed by atoms with E-state index in [1.165, 1.54) is 5.56 Å². The molecule has 170 valence electrons. The topological polar surface area (TPSA) is 64.4 Å². The maximum absolute atomic E-state index is 12.7. The zero-order chi connectivity index (χ0) is 23.6. The van der Waals surface area contributed by atoms with Crippen LogP contribution in [0.2, 0.25) is 0 Å². The lowest BCUT2D eigenvalue weighted by atomic mass is 10.0. The van der Waals surface area contributed by atoms with Crippen molar-refractivity contribution in [1.82, 2.24) is 10.3 Å². The number of halogens is 1. The van der Waals surface area contributed by atoms with E-state index in [2.05, 4.69) is 52.2 Å². The van der Waals surface area contributed by atoms with Crippen molar-refractivity contribution in [2.75, 3.05) is 0 Å². The summed E-state index contributed by atoms with van der Waals surface area (Å²) in [7, 11) is 0. The number of carbonyl (C=O) groups is 1. The van der Waals surface area contributed by atoms with Crippen LogP contribution in [0, 0.1) is 0 Å². The van der Waals surface area contributed by atoms with Gasteiger partial charge < -0.3 is 14.5 Å². The van der Waals surface area contributed by atoms with Gasteiger partial charge in [0, 0.05) is 16.6 Å². The molecule has 0 aliphatic rings. The van der Waals surface area contributed by atoms with Crippen molar-refractivity contribution in [3.8, 4) is 17.2 Å². The van der Waals surface area contributed by atoms with Gasteiger partial charge in [0.05, 0.1) is 0 Å². The number of fused-ring (bicyclic) bond motifs is 1. The van der Waals surface area contributed by atoms with E-state index in [0.717, 1.165) is 26.7 Å². The van der Waals surface area contributed by atoms with Crippen molar-refractivity contribution in [3.05, 3.63) is 82.3 Å². The molecule has 0 radical (unpaired) electrons. The molecule has 3 aromatic carbocycles. The van der Waals surface area contributed by atoms with Crippen LogP contribution in [0.5, 0.6) is 5.75 Å². The fraction of sp³-hybridized carbons (Fsp3) is 0.259. The average molecular weight is 507 g/mol. The van der Waals surface area contributed by atoms with Crippen molar-refractivity contribution >= 4 is 32.9 Å². The third-order valence-electron chi connectivity index (χ3n) is 5.47. The highest BCUT2D eigenvalue weighted by Crippen LogP contribution is 2.27. The molecule has 0 fully saturated rings. The van der Waals surface area contributed by atoms with E-state index in [4.69, 9.17) is 9.15 Å². The minimum atomic E-state index is -0.999. The Labute approximate surface area is 202 Å². The second-order valence-electron chi connectivity index (χ2n) is 8.85. The number of rotatable bonds is 7. The number of ether oxygens (including phenoxy) is 1. The van der Waals surface area contributed by atoms with Gasteiger partial charge in [0.15, 0.2) is 11.2 Å². The first-order valence-corrected chi connectivity index (χ1v) is 11.7. The predicted octanol–water partition coefficient (Wildman–Crippen LogP) is 6.85. The Balaban J connectivity index is 1.39. The third-order valence-corrected chi connectivity index (χ3v) is 5.99. The zero-order valence-electron chi connectivity index (χ0n) is 19.2. The predicted molar refractivity (Wildman–Crippen MR) is 134 cm³/mol. The van der Waals surface area contributed by atoms with Crippen LogP contribution < -0.4 is 10.1 Å². The molecule has 4 aromatic rings. The Morgan fingerprint density at radius 3 is 2.42 bits per heavy atom. The van der Waals surface area contributed by atoms with Gasteiger partial charge in [-0.25, -0.2) is 4.98 Å². The lowest BCUT2D eigenvalue weighted by Crippen LogP contribution is -2.46. The van der Waals surface area contributed by atoms with Gasteiger partial charge in [-0.1, -0.05) is 48.0 Å². The largest absolute Gasteiger partial charge is 0.478 e. The first kappa shape index (κ1) is 23.1. The molecule has 6 heteroatoms. The molecule has 4 rings (SSSR count). The van der Waals surface area contributed by atoms with Crippen LogP contribution in [0.4, 0.5) is 0 Å². The molecule has 5 nitrogen and oxygen atoms in total. The average Bonchev–Trinajstić information content (AvgIpc) is 3.22. The molecule has 1 aromatic heterocycles. The number of nitrogens with zero attached hydrogens (tertiary/aromatic N) is 1. The normalized spacial score (nSPS) is 11.7. The standard InChI is InChI=1S/C27H27BrN2O3/c1-17(2)20-9-14-24-23(15-20)30-25(32-24)19-7-5-18(6-8-19)16-29-26(31)27(3,4)33-22-12-10-21(28)11-13-22/h5-15,17H,16H2,1-4H3,(H,29,31). The Morgan fingerprint density at radius 2 is 1.76 bits per heavy atom. The van der Waals surface area contributed by atoms with Gasteiger partial charge in [-0.3, -0.25) is 4.79 Å². The second kappa shape index (κ2) is 9.40. The lowest BCUT2D eigenvalue weighted by Gasteiger charge is -2.25. The van der Waals surface area contributed by atoms with Gasteiger partial charge in [-0.05, 0) is 79.4 Å². The Hall–Kier alpha value is -3.12. The van der Waals surface area contributed by atoms with Crippen LogP contribution in [-0.2, 0) is 11.3 Å². The van der Waals surface area contributed by atoms with Crippen LogP contribution in [0.15, 0.2) is 75.6 Å². The van der Waals surface area contributed by atoms with Crippen LogP contribution in [-0.4, -0.2) is 16.5 Å². The summed E-state index contributed by atoms with van der Waals surface area (Å²) in [6.07, 6.45) is 0. The number of oxazole rings is 1. The summed E-state index contributed by atoms with van der Waals surface area (Å²) >= 11 is 3.40. The van der Waals surface area contributed by atoms with Crippen molar-refractivity contribution < 1.29 is 13.9 Å². The fourth-order valence-electron chi connectivity index (χ4n) is 3.43. The molecule has 0 spiro atoms. The first-order chi connectivity index (χ1) is 15.7. The molecule has 0 bridgehead atoms. The summed E-state index contributed by atoms with van der Waals surface area (Å²) in [5.74, 6) is 1.48. The molecule has 1 amide bonds. The van der Waals surface area contributed by atoms with E-state index in [1.807, 2.05) is 54.6 Å². The highest BCUT2D eigenvalue weighted by Gasteiger charge is 2.29. The first-order valence-electron chi connectivity index (χ1n) is 10.9. The smallest absolute Gasteiger partial charge is 0.263 e. The molecule has 0 unspecified atom stereocenters. The molecule has 0 saturated carbocycles. The summed E-state index contributed by atoms with van der Waals surface area (Å²) in [4.78, 5) is 17.4.